The highest BCUT2D eigenvalue weighted by Gasteiger charge is 2.08. The van der Waals surface area contributed by atoms with E-state index in [9.17, 15) is 0 Å². The van der Waals surface area contributed by atoms with E-state index >= 15 is 0 Å². The Hall–Kier alpha value is -0.780. The molecule has 0 amide bonds. The van der Waals surface area contributed by atoms with Gasteiger partial charge < -0.3 is 0 Å². The summed E-state index contributed by atoms with van der Waals surface area (Å²) in [4.78, 5) is 0. The van der Waals surface area contributed by atoms with Crippen LogP contribution in [0.3, 0.4) is 0 Å². The van der Waals surface area contributed by atoms with Crippen molar-refractivity contribution in [2.45, 2.75) is 72.6 Å². The molecule has 0 heterocycles. The van der Waals surface area contributed by atoms with Crippen LogP contribution >= 0.6 is 0 Å². The van der Waals surface area contributed by atoms with Crippen molar-refractivity contribution in [3.05, 3.63) is 36.0 Å². The Balaban J connectivity index is 4.37. The van der Waals surface area contributed by atoms with Crippen molar-refractivity contribution in [1.82, 2.24) is 0 Å². The first-order valence-corrected chi connectivity index (χ1v) is 7.74. The first-order valence-electron chi connectivity index (χ1n) is 7.74. The lowest BCUT2D eigenvalue weighted by atomic mass is 9.90. The van der Waals surface area contributed by atoms with E-state index in [1.165, 1.54) is 37.7 Å². The smallest absolute Gasteiger partial charge is 0.0168 e. The minimum Gasteiger partial charge on any atom is -0.0888 e. The van der Waals surface area contributed by atoms with Gasteiger partial charge in [0.1, 0.15) is 0 Å². The molecule has 0 saturated heterocycles. The molecule has 0 aromatic rings. The summed E-state index contributed by atoms with van der Waals surface area (Å²) < 4.78 is 0. The van der Waals surface area contributed by atoms with Crippen LogP contribution in [0.2, 0.25) is 0 Å². The fourth-order valence-corrected chi connectivity index (χ4v) is 2.09. The molecule has 0 aliphatic rings. The zero-order valence-electron chi connectivity index (χ0n) is 12.9. The molecule has 0 aromatic carbocycles. The minimum absolute atomic E-state index is 0.737. The molecule has 0 heteroatoms. The van der Waals surface area contributed by atoms with E-state index in [2.05, 4.69) is 58.1 Å². The van der Waals surface area contributed by atoms with Gasteiger partial charge in [-0.15, -0.1) is 0 Å². The van der Waals surface area contributed by atoms with Crippen molar-refractivity contribution >= 4 is 0 Å². The molecule has 18 heavy (non-hydrogen) atoms. The summed E-state index contributed by atoms with van der Waals surface area (Å²) in [5.74, 6) is 0.737. The maximum absolute atomic E-state index is 2.36. The summed E-state index contributed by atoms with van der Waals surface area (Å²) >= 11 is 0. The molecule has 0 N–H and O–H groups in total. The van der Waals surface area contributed by atoms with Gasteiger partial charge in [-0.2, -0.15) is 0 Å². The van der Waals surface area contributed by atoms with Gasteiger partial charge in [-0.25, -0.2) is 0 Å². The fourth-order valence-electron chi connectivity index (χ4n) is 2.09. The van der Waals surface area contributed by atoms with E-state index < -0.39 is 0 Å². The predicted octanol–water partition coefficient (Wildman–Crippen LogP) is 6.45. The molecule has 0 nitrogen and oxygen atoms in total. The number of unbranched alkanes of at least 4 members (excludes halogenated alkanes) is 2. The van der Waals surface area contributed by atoms with Crippen molar-refractivity contribution in [2.75, 3.05) is 0 Å². The summed E-state index contributed by atoms with van der Waals surface area (Å²) in [6.07, 6.45) is 20.3. The Morgan fingerprint density at radius 1 is 0.944 bits per heavy atom. The molecule has 0 aliphatic heterocycles. The van der Waals surface area contributed by atoms with Crippen LogP contribution in [0.25, 0.3) is 0 Å². The first kappa shape index (κ1) is 17.2. The van der Waals surface area contributed by atoms with Gasteiger partial charge in [-0.1, -0.05) is 76.0 Å². The Morgan fingerprint density at radius 3 is 2.28 bits per heavy atom. The lowest BCUT2D eigenvalue weighted by Crippen LogP contribution is -2.01. The van der Waals surface area contributed by atoms with E-state index in [0.29, 0.717) is 0 Å². The Kier molecular flexibility index (Phi) is 12.1. The topological polar surface area (TPSA) is 0 Å². The van der Waals surface area contributed by atoms with Crippen molar-refractivity contribution in [2.24, 2.45) is 5.92 Å². The molecule has 0 fully saturated rings. The van der Waals surface area contributed by atoms with Gasteiger partial charge >= 0.3 is 0 Å². The molecule has 0 spiro atoms. The predicted molar refractivity (Wildman–Crippen MR) is 84.9 cm³/mol. The van der Waals surface area contributed by atoms with Crippen LogP contribution in [0.5, 0.6) is 0 Å². The number of hydrogen-bond acceptors (Lipinski definition) is 0. The average Bonchev–Trinajstić information content (AvgIpc) is 2.37. The van der Waals surface area contributed by atoms with E-state index in [4.69, 9.17) is 0 Å². The molecule has 1 atom stereocenters. The molecule has 0 aliphatic carbocycles. The largest absolute Gasteiger partial charge is 0.0888 e. The molecule has 0 saturated carbocycles. The number of allylic oxidation sites excluding steroid dienone is 6. The van der Waals surface area contributed by atoms with Crippen molar-refractivity contribution < 1.29 is 0 Å². The van der Waals surface area contributed by atoms with Crippen molar-refractivity contribution in [3.8, 4) is 0 Å². The third kappa shape index (κ3) is 9.27. The normalized spacial score (nSPS) is 14.8. The van der Waals surface area contributed by atoms with Gasteiger partial charge in [-0.05, 0) is 38.5 Å². The fraction of sp³-hybridized carbons (Fsp3) is 0.667. The van der Waals surface area contributed by atoms with Crippen LogP contribution in [0.1, 0.15) is 72.6 Å². The summed E-state index contributed by atoms with van der Waals surface area (Å²) in [5, 5.41) is 0. The van der Waals surface area contributed by atoms with Crippen molar-refractivity contribution in [3.63, 3.8) is 0 Å². The summed E-state index contributed by atoms with van der Waals surface area (Å²) in [7, 11) is 0. The third-order valence-corrected chi connectivity index (χ3v) is 3.35. The second kappa shape index (κ2) is 12.7. The van der Waals surface area contributed by atoms with E-state index in [1.807, 2.05) is 0 Å². The number of rotatable bonds is 10. The lowest BCUT2D eigenvalue weighted by molar-refractivity contribution is 0.521. The molecule has 1 unspecified atom stereocenters. The van der Waals surface area contributed by atoms with Gasteiger partial charge in [0, 0.05) is 0 Å². The van der Waals surface area contributed by atoms with Crippen LogP contribution < -0.4 is 0 Å². The van der Waals surface area contributed by atoms with Crippen LogP contribution in [0, 0.1) is 5.92 Å². The lowest BCUT2D eigenvalue weighted by Gasteiger charge is -2.15. The maximum Gasteiger partial charge on any atom is -0.0168 e. The molecular formula is C18H32. The zero-order chi connectivity index (χ0) is 13.6. The highest BCUT2D eigenvalue weighted by Crippen LogP contribution is 2.23. The molecule has 0 rings (SSSR count). The zero-order valence-corrected chi connectivity index (χ0v) is 12.9. The van der Waals surface area contributed by atoms with E-state index in [-0.39, 0.29) is 0 Å². The van der Waals surface area contributed by atoms with Gasteiger partial charge in [0.05, 0.1) is 0 Å². The van der Waals surface area contributed by atoms with E-state index in [0.717, 1.165) is 18.8 Å². The minimum atomic E-state index is 0.737. The summed E-state index contributed by atoms with van der Waals surface area (Å²) in [6, 6.07) is 0. The second-order valence-electron chi connectivity index (χ2n) is 5.06. The van der Waals surface area contributed by atoms with Gasteiger partial charge in [0.25, 0.3) is 0 Å². The quantitative estimate of drug-likeness (QED) is 0.237. The van der Waals surface area contributed by atoms with Crippen LogP contribution in [0.4, 0.5) is 0 Å². The number of hydrogen-bond donors (Lipinski definition) is 0. The van der Waals surface area contributed by atoms with Gasteiger partial charge in [0.15, 0.2) is 0 Å². The maximum atomic E-state index is 2.36. The molecular weight excluding hydrogens is 216 g/mol. The summed E-state index contributed by atoms with van der Waals surface area (Å²) in [6.45, 7) is 8.95. The molecule has 0 bridgehead atoms. The average molecular weight is 248 g/mol. The molecule has 104 valence electrons. The molecule has 0 radical (unpaired) electrons. The van der Waals surface area contributed by atoms with Gasteiger partial charge in [0.2, 0.25) is 0 Å². The SMILES string of the molecule is CC/C=C/C=C(/C)C(C/C=C/CC)CCCCC. The second-order valence-corrected chi connectivity index (χ2v) is 5.06. The monoisotopic (exact) mass is 248 g/mol. The van der Waals surface area contributed by atoms with E-state index in [1.54, 1.807) is 0 Å². The Labute approximate surface area is 115 Å². The standard InChI is InChI=1S/C18H32/c1-5-8-11-14-17(4)18(15-12-9-6-2)16-13-10-7-3/h8-9,11-12,14,18H,5-7,10,13,15-16H2,1-4H3/b11-8+,12-9+,17-14-. The van der Waals surface area contributed by atoms with Crippen LogP contribution in [-0.4, -0.2) is 0 Å². The third-order valence-electron chi connectivity index (χ3n) is 3.35. The van der Waals surface area contributed by atoms with Crippen molar-refractivity contribution in [1.29, 1.82) is 0 Å². The highest BCUT2D eigenvalue weighted by atomic mass is 14.1. The Morgan fingerprint density at radius 2 is 1.67 bits per heavy atom. The van der Waals surface area contributed by atoms with Crippen LogP contribution in [-0.2, 0) is 0 Å². The van der Waals surface area contributed by atoms with Gasteiger partial charge in [-0.3, -0.25) is 0 Å². The first-order chi connectivity index (χ1) is 8.76. The Bertz CT molecular complexity index is 255. The summed E-state index contributed by atoms with van der Waals surface area (Å²) in [5.41, 5.74) is 1.54. The highest BCUT2D eigenvalue weighted by molar-refractivity contribution is 5.14. The van der Waals surface area contributed by atoms with Crippen LogP contribution in [0.15, 0.2) is 36.0 Å². The molecule has 0 aromatic heterocycles.